The third kappa shape index (κ3) is 2.61. The Kier molecular flexibility index (Phi) is 3.69. The number of hydrogen-bond donors (Lipinski definition) is 2. The minimum absolute atomic E-state index is 0.0239. The van der Waals surface area contributed by atoms with E-state index in [0.29, 0.717) is 11.0 Å². The van der Waals surface area contributed by atoms with E-state index in [4.69, 9.17) is 0 Å². The van der Waals surface area contributed by atoms with E-state index in [-0.39, 0.29) is 16.9 Å². The number of aromatic carboxylic acids is 1. The predicted octanol–water partition coefficient (Wildman–Crippen LogP) is 3.15. The topological polar surface area (TPSA) is 80.0 Å². The van der Waals surface area contributed by atoms with Crippen LogP contribution in [0.2, 0.25) is 0 Å². The molecule has 6 nitrogen and oxygen atoms in total. The Morgan fingerprint density at radius 1 is 1.32 bits per heavy atom. The number of halogens is 2. The van der Waals surface area contributed by atoms with Crippen molar-refractivity contribution in [3.05, 3.63) is 45.3 Å². The number of fused-ring (bicyclic) bond motifs is 1. The van der Waals surface area contributed by atoms with E-state index in [9.17, 15) is 14.3 Å². The van der Waals surface area contributed by atoms with Crippen LogP contribution in [0.25, 0.3) is 11.0 Å². The molecule has 3 rings (SSSR count). The van der Waals surface area contributed by atoms with Crippen molar-refractivity contribution >= 4 is 51.0 Å². The fourth-order valence-corrected chi connectivity index (χ4v) is 2.55. The summed E-state index contributed by atoms with van der Waals surface area (Å²) in [6.45, 7) is 0. The first-order valence-corrected chi connectivity index (χ1v) is 7.32. The lowest BCUT2D eigenvalue weighted by atomic mass is 10.1. The van der Waals surface area contributed by atoms with Crippen LogP contribution in [0.5, 0.6) is 0 Å². The highest BCUT2D eigenvalue weighted by atomic mass is 127. The number of carbonyl (C=O) groups is 1. The number of carboxylic acids is 1. The number of aromatic nitrogens is 3. The smallest absolute Gasteiger partial charge is 0.337 e. The second-order valence-electron chi connectivity index (χ2n) is 4.65. The lowest BCUT2D eigenvalue weighted by molar-refractivity contribution is 0.0698. The number of carboxylic acid groups (broad SMARTS) is 1. The van der Waals surface area contributed by atoms with Crippen LogP contribution < -0.4 is 5.32 Å². The molecule has 0 aliphatic heterocycles. The summed E-state index contributed by atoms with van der Waals surface area (Å²) < 4.78 is 16.2. The lowest BCUT2D eigenvalue weighted by Crippen LogP contribution is -2.04. The molecule has 1 heterocycles. The van der Waals surface area contributed by atoms with Gasteiger partial charge >= 0.3 is 5.97 Å². The molecule has 0 unspecified atom stereocenters. The van der Waals surface area contributed by atoms with Crippen LogP contribution in [0.3, 0.4) is 0 Å². The van der Waals surface area contributed by atoms with E-state index in [1.807, 2.05) is 22.6 Å². The molecule has 0 aliphatic carbocycles. The van der Waals surface area contributed by atoms with Crippen LogP contribution in [-0.4, -0.2) is 26.1 Å². The second kappa shape index (κ2) is 5.52. The molecule has 0 aliphatic rings. The van der Waals surface area contributed by atoms with E-state index in [1.54, 1.807) is 25.2 Å². The largest absolute Gasteiger partial charge is 0.478 e. The Morgan fingerprint density at radius 3 is 2.77 bits per heavy atom. The molecule has 0 bridgehead atoms. The Hall–Kier alpha value is -2.23. The summed E-state index contributed by atoms with van der Waals surface area (Å²) in [7, 11) is 1.67. The van der Waals surface area contributed by atoms with E-state index in [2.05, 4.69) is 15.6 Å². The van der Waals surface area contributed by atoms with E-state index in [1.165, 1.54) is 16.8 Å². The van der Waals surface area contributed by atoms with Gasteiger partial charge in [0.25, 0.3) is 0 Å². The third-order valence-corrected chi connectivity index (χ3v) is 3.85. The standard InChI is InChI=1S/C14H10FIN4O2/c1-20-13-5-8(14(21)22)11(6-12(13)18-19-20)17-10-3-2-7(16)4-9(10)15/h2-6,17H,1H3,(H,21,22). The summed E-state index contributed by atoms with van der Waals surface area (Å²) >= 11 is 2.00. The zero-order valence-corrected chi connectivity index (χ0v) is 13.5. The first-order valence-electron chi connectivity index (χ1n) is 6.24. The fraction of sp³-hybridized carbons (Fsp3) is 0.0714. The average Bonchev–Trinajstić information content (AvgIpc) is 2.82. The van der Waals surface area contributed by atoms with Crippen LogP contribution in [0.1, 0.15) is 10.4 Å². The lowest BCUT2D eigenvalue weighted by Gasteiger charge is -2.11. The van der Waals surface area contributed by atoms with Gasteiger partial charge in [-0.25, -0.2) is 13.9 Å². The molecule has 8 heteroatoms. The zero-order chi connectivity index (χ0) is 15.9. The number of nitrogens with zero attached hydrogens (tertiary/aromatic N) is 3. The summed E-state index contributed by atoms with van der Waals surface area (Å²) in [5.74, 6) is -1.57. The molecule has 0 saturated carbocycles. The van der Waals surface area contributed by atoms with Crippen LogP contribution >= 0.6 is 22.6 Å². The van der Waals surface area contributed by atoms with Gasteiger partial charge in [-0.05, 0) is 52.9 Å². The van der Waals surface area contributed by atoms with E-state index < -0.39 is 11.8 Å². The number of hydrogen-bond acceptors (Lipinski definition) is 4. The van der Waals surface area contributed by atoms with Crippen LogP contribution in [0.4, 0.5) is 15.8 Å². The van der Waals surface area contributed by atoms with Crippen LogP contribution in [0.15, 0.2) is 30.3 Å². The molecule has 0 fully saturated rings. The maximum atomic E-state index is 13.9. The maximum absolute atomic E-state index is 13.9. The van der Waals surface area contributed by atoms with Crippen LogP contribution in [-0.2, 0) is 7.05 Å². The molecule has 0 radical (unpaired) electrons. The molecule has 112 valence electrons. The molecule has 2 aromatic carbocycles. The van der Waals surface area contributed by atoms with Crippen molar-refractivity contribution in [1.82, 2.24) is 15.0 Å². The minimum Gasteiger partial charge on any atom is -0.478 e. The quantitative estimate of drug-likeness (QED) is 0.647. The van der Waals surface area contributed by atoms with Gasteiger partial charge in [-0.3, -0.25) is 0 Å². The first-order chi connectivity index (χ1) is 10.5. The van der Waals surface area contributed by atoms with Gasteiger partial charge in [-0.1, -0.05) is 5.21 Å². The number of rotatable bonds is 3. The van der Waals surface area contributed by atoms with Gasteiger partial charge < -0.3 is 10.4 Å². The van der Waals surface area contributed by atoms with Crippen molar-refractivity contribution in [1.29, 1.82) is 0 Å². The van der Waals surface area contributed by atoms with Gasteiger partial charge in [0.15, 0.2) is 0 Å². The first kappa shape index (κ1) is 14.7. The third-order valence-electron chi connectivity index (χ3n) is 3.18. The van der Waals surface area contributed by atoms with Crippen molar-refractivity contribution in [3.8, 4) is 0 Å². The molecular weight excluding hydrogens is 402 g/mol. The van der Waals surface area contributed by atoms with E-state index in [0.717, 1.165) is 3.57 Å². The Morgan fingerprint density at radius 2 is 2.09 bits per heavy atom. The minimum atomic E-state index is -1.11. The molecule has 0 atom stereocenters. The van der Waals surface area contributed by atoms with Gasteiger partial charge in [-0.15, -0.1) is 5.10 Å². The summed E-state index contributed by atoms with van der Waals surface area (Å²) in [6.07, 6.45) is 0. The fourth-order valence-electron chi connectivity index (χ4n) is 2.10. The van der Waals surface area contributed by atoms with Crippen molar-refractivity contribution in [2.24, 2.45) is 7.05 Å². The molecule has 3 aromatic rings. The Balaban J connectivity index is 2.12. The van der Waals surface area contributed by atoms with Crippen molar-refractivity contribution in [3.63, 3.8) is 0 Å². The summed E-state index contributed by atoms with van der Waals surface area (Å²) in [5.41, 5.74) is 1.61. The number of benzene rings is 2. The predicted molar refractivity (Wildman–Crippen MR) is 87.9 cm³/mol. The highest BCUT2D eigenvalue weighted by Gasteiger charge is 2.16. The molecule has 0 spiro atoms. The molecule has 1 aromatic heterocycles. The highest BCUT2D eigenvalue weighted by molar-refractivity contribution is 14.1. The van der Waals surface area contributed by atoms with Crippen LogP contribution in [0, 0.1) is 9.39 Å². The normalized spacial score (nSPS) is 10.9. The van der Waals surface area contributed by atoms with Gasteiger partial charge in [0, 0.05) is 10.6 Å². The monoisotopic (exact) mass is 412 g/mol. The highest BCUT2D eigenvalue weighted by Crippen LogP contribution is 2.27. The van der Waals surface area contributed by atoms with Crippen molar-refractivity contribution < 1.29 is 14.3 Å². The van der Waals surface area contributed by atoms with Gasteiger partial charge in [0.05, 0.1) is 22.5 Å². The molecule has 0 amide bonds. The Labute approximate surface area is 138 Å². The average molecular weight is 412 g/mol. The number of nitrogens with one attached hydrogen (secondary N) is 1. The number of anilines is 2. The van der Waals surface area contributed by atoms with E-state index >= 15 is 0 Å². The molecular formula is C14H10FIN4O2. The van der Waals surface area contributed by atoms with Crippen molar-refractivity contribution in [2.75, 3.05) is 5.32 Å². The molecule has 0 saturated heterocycles. The summed E-state index contributed by atoms with van der Waals surface area (Å²) in [5, 5.41) is 20.0. The van der Waals surface area contributed by atoms with Gasteiger partial charge in [-0.2, -0.15) is 0 Å². The second-order valence-corrected chi connectivity index (χ2v) is 5.90. The molecule has 22 heavy (non-hydrogen) atoms. The summed E-state index contributed by atoms with van der Waals surface area (Å²) in [4.78, 5) is 11.4. The Bertz CT molecular complexity index is 894. The molecule has 2 N–H and O–H groups in total. The summed E-state index contributed by atoms with van der Waals surface area (Å²) in [6, 6.07) is 7.66. The van der Waals surface area contributed by atoms with Crippen molar-refractivity contribution in [2.45, 2.75) is 0 Å². The maximum Gasteiger partial charge on any atom is 0.337 e. The SMILES string of the molecule is Cn1nnc2cc(Nc3ccc(I)cc3F)c(C(=O)O)cc21. The number of aryl methyl sites for hydroxylation is 1. The van der Waals surface area contributed by atoms with Gasteiger partial charge in [0.2, 0.25) is 0 Å². The van der Waals surface area contributed by atoms with Gasteiger partial charge in [0.1, 0.15) is 11.3 Å². The zero-order valence-electron chi connectivity index (χ0n) is 11.3.